The number of hydrogen-bond acceptors (Lipinski definition) is 5. The second kappa shape index (κ2) is 9.19. The quantitative estimate of drug-likeness (QED) is 0.597. The molecule has 0 heterocycles. The summed E-state index contributed by atoms with van der Waals surface area (Å²) in [4.78, 5) is 16.7. The molecule has 0 saturated carbocycles. The number of para-hydroxylation sites is 1. The lowest BCUT2D eigenvalue weighted by Crippen LogP contribution is -2.16. The molecule has 0 aliphatic heterocycles. The van der Waals surface area contributed by atoms with E-state index >= 15 is 0 Å². The van der Waals surface area contributed by atoms with Crippen molar-refractivity contribution < 1.29 is 19.1 Å². The minimum Gasteiger partial charge on any atom is -0.493 e. The molecule has 2 rings (SSSR count). The fourth-order valence-electron chi connectivity index (χ4n) is 1.95. The van der Waals surface area contributed by atoms with Gasteiger partial charge in [0.1, 0.15) is 0 Å². The molecule has 126 valence electrons. The first-order chi connectivity index (χ1) is 11.7. The predicted molar refractivity (Wildman–Crippen MR) is 92.8 cm³/mol. The molecule has 1 N–H and O–H groups in total. The van der Waals surface area contributed by atoms with Crippen LogP contribution < -0.4 is 14.8 Å². The van der Waals surface area contributed by atoms with Gasteiger partial charge < -0.3 is 19.6 Å². The van der Waals surface area contributed by atoms with Crippen molar-refractivity contribution in [2.75, 3.05) is 25.6 Å². The monoisotopic (exact) mass is 328 g/mol. The van der Waals surface area contributed by atoms with Gasteiger partial charge in [0.15, 0.2) is 18.1 Å². The van der Waals surface area contributed by atoms with E-state index in [4.69, 9.17) is 14.3 Å². The summed E-state index contributed by atoms with van der Waals surface area (Å²) in [5, 5.41) is 6.50. The number of oxime groups is 1. The van der Waals surface area contributed by atoms with Crippen LogP contribution in [0.1, 0.15) is 12.5 Å². The van der Waals surface area contributed by atoms with E-state index in [1.54, 1.807) is 31.4 Å². The summed E-state index contributed by atoms with van der Waals surface area (Å²) in [6.45, 7) is 2.27. The molecule has 0 saturated heterocycles. The van der Waals surface area contributed by atoms with Gasteiger partial charge in [0.05, 0.1) is 19.9 Å². The number of benzene rings is 2. The molecule has 0 aliphatic carbocycles. The Kier molecular flexibility index (Phi) is 6.64. The van der Waals surface area contributed by atoms with Crippen molar-refractivity contribution in [2.24, 2.45) is 5.16 Å². The third-order valence-corrected chi connectivity index (χ3v) is 3.02. The molecule has 0 unspecified atom stereocenters. The number of rotatable bonds is 8. The molecule has 0 fully saturated rings. The number of hydrogen-bond donors (Lipinski definition) is 1. The van der Waals surface area contributed by atoms with E-state index in [-0.39, 0.29) is 12.5 Å². The molecule has 0 atom stereocenters. The van der Waals surface area contributed by atoms with Crippen LogP contribution in [0.5, 0.6) is 11.5 Å². The molecule has 1 amide bonds. The number of anilines is 1. The SMILES string of the molecule is CCOc1cc(/C=N/OCC(=O)Nc2ccccc2)ccc1OC. The summed E-state index contributed by atoms with van der Waals surface area (Å²) in [5.74, 6) is 1.01. The second-order valence-corrected chi connectivity index (χ2v) is 4.77. The van der Waals surface area contributed by atoms with Gasteiger partial charge in [0, 0.05) is 11.3 Å². The van der Waals surface area contributed by atoms with Crippen LogP contribution in [0, 0.1) is 0 Å². The lowest BCUT2D eigenvalue weighted by atomic mass is 10.2. The van der Waals surface area contributed by atoms with E-state index in [0.717, 1.165) is 5.56 Å². The number of ether oxygens (including phenoxy) is 2. The van der Waals surface area contributed by atoms with Crippen LogP contribution in [0.25, 0.3) is 0 Å². The van der Waals surface area contributed by atoms with Crippen LogP contribution in [-0.4, -0.2) is 32.4 Å². The standard InChI is InChI=1S/C18H20N2O4/c1-3-23-17-11-14(9-10-16(17)22-2)12-19-24-13-18(21)20-15-7-5-4-6-8-15/h4-12H,3,13H2,1-2H3,(H,20,21)/b19-12+. The highest BCUT2D eigenvalue weighted by molar-refractivity contribution is 5.91. The molecule has 2 aromatic carbocycles. The van der Waals surface area contributed by atoms with Gasteiger partial charge in [0.2, 0.25) is 0 Å². The highest BCUT2D eigenvalue weighted by Gasteiger charge is 2.05. The van der Waals surface area contributed by atoms with E-state index in [9.17, 15) is 4.79 Å². The molecular formula is C18H20N2O4. The topological polar surface area (TPSA) is 69.2 Å². The molecule has 2 aromatic rings. The third-order valence-electron chi connectivity index (χ3n) is 3.02. The van der Waals surface area contributed by atoms with Crippen molar-refractivity contribution in [2.45, 2.75) is 6.92 Å². The number of methoxy groups -OCH3 is 1. The zero-order valence-corrected chi connectivity index (χ0v) is 13.7. The van der Waals surface area contributed by atoms with Crippen LogP contribution in [0.3, 0.4) is 0 Å². The zero-order chi connectivity index (χ0) is 17.2. The molecule has 24 heavy (non-hydrogen) atoms. The number of nitrogens with one attached hydrogen (secondary N) is 1. The molecule has 6 nitrogen and oxygen atoms in total. The van der Waals surface area contributed by atoms with Crippen molar-refractivity contribution in [1.82, 2.24) is 0 Å². The summed E-state index contributed by atoms with van der Waals surface area (Å²) in [7, 11) is 1.58. The van der Waals surface area contributed by atoms with Crippen molar-refractivity contribution in [3.05, 3.63) is 54.1 Å². The summed E-state index contributed by atoms with van der Waals surface area (Å²) in [5.41, 5.74) is 1.49. The summed E-state index contributed by atoms with van der Waals surface area (Å²) in [6, 6.07) is 14.6. The zero-order valence-electron chi connectivity index (χ0n) is 13.7. The maximum absolute atomic E-state index is 11.7. The van der Waals surface area contributed by atoms with Crippen LogP contribution in [-0.2, 0) is 9.63 Å². The first kappa shape index (κ1) is 17.3. The Morgan fingerprint density at radius 3 is 2.67 bits per heavy atom. The van der Waals surface area contributed by atoms with Gasteiger partial charge in [-0.15, -0.1) is 0 Å². The fraction of sp³-hybridized carbons (Fsp3) is 0.222. The summed E-state index contributed by atoms with van der Waals surface area (Å²) < 4.78 is 10.7. The van der Waals surface area contributed by atoms with Crippen molar-refractivity contribution in [1.29, 1.82) is 0 Å². The Bertz CT molecular complexity index is 687. The lowest BCUT2D eigenvalue weighted by molar-refractivity contribution is -0.120. The normalized spacial score (nSPS) is 10.4. The molecule has 0 aromatic heterocycles. The molecule has 6 heteroatoms. The van der Waals surface area contributed by atoms with Gasteiger partial charge in [-0.25, -0.2) is 0 Å². The van der Waals surface area contributed by atoms with E-state index in [1.165, 1.54) is 6.21 Å². The Morgan fingerprint density at radius 1 is 1.17 bits per heavy atom. The number of amides is 1. The van der Waals surface area contributed by atoms with Gasteiger partial charge in [-0.3, -0.25) is 4.79 Å². The lowest BCUT2D eigenvalue weighted by Gasteiger charge is -2.09. The Hall–Kier alpha value is -3.02. The van der Waals surface area contributed by atoms with E-state index in [0.29, 0.717) is 23.8 Å². The molecule has 0 spiro atoms. The average molecular weight is 328 g/mol. The fourth-order valence-corrected chi connectivity index (χ4v) is 1.95. The first-order valence-electron chi connectivity index (χ1n) is 7.54. The van der Waals surface area contributed by atoms with Gasteiger partial charge >= 0.3 is 0 Å². The minimum atomic E-state index is -0.275. The van der Waals surface area contributed by atoms with E-state index in [1.807, 2.05) is 31.2 Å². The predicted octanol–water partition coefficient (Wildman–Crippen LogP) is 3.08. The van der Waals surface area contributed by atoms with Gasteiger partial charge in [-0.05, 0) is 37.3 Å². The third kappa shape index (κ3) is 5.31. The van der Waals surface area contributed by atoms with Crippen molar-refractivity contribution >= 4 is 17.8 Å². The van der Waals surface area contributed by atoms with Crippen LogP contribution >= 0.6 is 0 Å². The first-order valence-corrected chi connectivity index (χ1v) is 7.54. The number of carbonyl (C=O) groups is 1. The average Bonchev–Trinajstić information content (AvgIpc) is 2.60. The number of nitrogens with zero attached hydrogens (tertiary/aromatic N) is 1. The van der Waals surface area contributed by atoms with Gasteiger partial charge in [-0.2, -0.15) is 0 Å². The Morgan fingerprint density at radius 2 is 1.96 bits per heavy atom. The minimum absolute atomic E-state index is 0.167. The van der Waals surface area contributed by atoms with E-state index < -0.39 is 0 Å². The van der Waals surface area contributed by atoms with Crippen LogP contribution in [0.4, 0.5) is 5.69 Å². The summed E-state index contributed by atoms with van der Waals surface area (Å²) in [6.07, 6.45) is 1.51. The molecule has 0 bridgehead atoms. The highest BCUT2D eigenvalue weighted by Crippen LogP contribution is 2.27. The molecule has 0 radical (unpaired) electrons. The molecular weight excluding hydrogens is 308 g/mol. The molecule has 0 aliphatic rings. The van der Waals surface area contributed by atoms with Gasteiger partial charge in [0.25, 0.3) is 5.91 Å². The second-order valence-electron chi connectivity index (χ2n) is 4.77. The van der Waals surface area contributed by atoms with Crippen molar-refractivity contribution in [3.8, 4) is 11.5 Å². The smallest absolute Gasteiger partial charge is 0.265 e. The number of carbonyl (C=O) groups excluding carboxylic acids is 1. The van der Waals surface area contributed by atoms with Crippen LogP contribution in [0.2, 0.25) is 0 Å². The van der Waals surface area contributed by atoms with Crippen molar-refractivity contribution in [3.63, 3.8) is 0 Å². The largest absolute Gasteiger partial charge is 0.493 e. The Balaban J connectivity index is 1.85. The van der Waals surface area contributed by atoms with Gasteiger partial charge in [-0.1, -0.05) is 23.4 Å². The maximum atomic E-state index is 11.7. The Labute approximate surface area is 141 Å². The highest BCUT2D eigenvalue weighted by atomic mass is 16.6. The van der Waals surface area contributed by atoms with Crippen LogP contribution in [0.15, 0.2) is 53.7 Å². The van der Waals surface area contributed by atoms with E-state index in [2.05, 4.69) is 10.5 Å². The summed E-state index contributed by atoms with van der Waals surface area (Å²) >= 11 is 0. The maximum Gasteiger partial charge on any atom is 0.265 e.